The van der Waals surface area contributed by atoms with E-state index in [0.29, 0.717) is 24.5 Å². The zero-order chi connectivity index (χ0) is 13.0. The zero-order valence-corrected chi connectivity index (χ0v) is 10.7. The molecule has 0 spiro atoms. The molecule has 1 aromatic carbocycles. The van der Waals surface area contributed by atoms with Crippen LogP contribution in [-0.2, 0) is 6.42 Å². The van der Waals surface area contributed by atoms with Gasteiger partial charge >= 0.3 is 0 Å². The molecule has 0 atom stereocenters. The van der Waals surface area contributed by atoms with Gasteiger partial charge in [0.25, 0.3) is 0 Å². The molecule has 7 heteroatoms. The van der Waals surface area contributed by atoms with Gasteiger partial charge in [0.05, 0.1) is 15.7 Å². The summed E-state index contributed by atoms with van der Waals surface area (Å²) in [6, 6.07) is 4.96. The second-order valence-corrected chi connectivity index (χ2v) is 4.22. The molecule has 1 aromatic heterocycles. The summed E-state index contributed by atoms with van der Waals surface area (Å²) in [4.78, 5) is 3.85. The summed E-state index contributed by atoms with van der Waals surface area (Å²) in [6.07, 6.45) is 1.77. The van der Waals surface area contributed by atoms with E-state index in [1.54, 1.807) is 6.07 Å². The first-order valence-corrected chi connectivity index (χ1v) is 5.89. The molecular weight excluding hydrogens is 303 g/mol. The van der Waals surface area contributed by atoms with Gasteiger partial charge in [-0.05, 0) is 28.1 Å². The number of aromatic nitrogens is 2. The van der Waals surface area contributed by atoms with Gasteiger partial charge in [-0.3, -0.25) is 0 Å². The molecule has 0 aliphatic heterocycles. The van der Waals surface area contributed by atoms with Crippen LogP contribution in [0.5, 0.6) is 0 Å². The summed E-state index contributed by atoms with van der Waals surface area (Å²) in [5, 5.41) is 15.3. The highest BCUT2D eigenvalue weighted by atomic mass is 79.9. The van der Waals surface area contributed by atoms with E-state index in [2.05, 4.69) is 35.9 Å². The van der Waals surface area contributed by atoms with Crippen molar-refractivity contribution in [1.82, 2.24) is 10.1 Å². The number of halogens is 2. The van der Waals surface area contributed by atoms with Crippen LogP contribution in [0.2, 0.25) is 0 Å². The predicted molar refractivity (Wildman–Crippen MR) is 65.3 cm³/mol. The van der Waals surface area contributed by atoms with E-state index < -0.39 is 5.82 Å². The maximum atomic E-state index is 13.8. The largest absolute Gasteiger partial charge is 0.382 e. The molecule has 0 aliphatic carbocycles. The fourth-order valence-corrected chi connectivity index (χ4v) is 1.82. The van der Waals surface area contributed by atoms with Crippen molar-refractivity contribution in [3.05, 3.63) is 40.2 Å². The van der Waals surface area contributed by atoms with Crippen LogP contribution in [0.4, 0.5) is 10.1 Å². The molecule has 0 fully saturated rings. The van der Waals surface area contributed by atoms with Crippen molar-refractivity contribution in [3.63, 3.8) is 0 Å². The van der Waals surface area contributed by atoms with Crippen molar-refractivity contribution < 1.29 is 8.91 Å². The lowest BCUT2D eigenvalue weighted by Gasteiger charge is -2.08. The number of nitrogens with one attached hydrogen (secondary N) is 1. The molecule has 2 rings (SSSR count). The highest BCUT2D eigenvalue weighted by Gasteiger charge is 2.10. The van der Waals surface area contributed by atoms with Crippen molar-refractivity contribution in [2.75, 3.05) is 11.9 Å². The van der Waals surface area contributed by atoms with E-state index in [0.717, 1.165) is 0 Å². The van der Waals surface area contributed by atoms with Crippen molar-refractivity contribution in [3.8, 4) is 6.07 Å². The van der Waals surface area contributed by atoms with E-state index in [1.807, 2.05) is 6.07 Å². The fourth-order valence-electron chi connectivity index (χ4n) is 1.38. The molecular formula is C11H8BrFN4O. The summed E-state index contributed by atoms with van der Waals surface area (Å²) in [7, 11) is 0. The molecule has 0 saturated heterocycles. The highest BCUT2D eigenvalue weighted by molar-refractivity contribution is 9.10. The summed E-state index contributed by atoms with van der Waals surface area (Å²) in [5.41, 5.74) is 0.584. The molecule has 0 bridgehead atoms. The summed E-state index contributed by atoms with van der Waals surface area (Å²) in [6.45, 7) is 0.467. The van der Waals surface area contributed by atoms with E-state index in [1.165, 1.54) is 12.5 Å². The van der Waals surface area contributed by atoms with E-state index in [-0.39, 0.29) is 10.0 Å². The van der Waals surface area contributed by atoms with Crippen molar-refractivity contribution in [2.24, 2.45) is 0 Å². The van der Waals surface area contributed by atoms with Crippen LogP contribution in [0, 0.1) is 17.1 Å². The van der Waals surface area contributed by atoms with Crippen molar-refractivity contribution >= 4 is 21.6 Å². The van der Waals surface area contributed by atoms with Crippen LogP contribution in [0.3, 0.4) is 0 Å². The van der Waals surface area contributed by atoms with Crippen molar-refractivity contribution in [1.29, 1.82) is 5.26 Å². The Bertz CT molecular complexity index is 579. The maximum Gasteiger partial charge on any atom is 0.213 e. The zero-order valence-electron chi connectivity index (χ0n) is 9.15. The Morgan fingerprint density at radius 3 is 3.00 bits per heavy atom. The second kappa shape index (κ2) is 5.60. The lowest BCUT2D eigenvalue weighted by molar-refractivity contribution is 0.410. The first kappa shape index (κ1) is 12.5. The molecule has 1 N–H and O–H groups in total. The van der Waals surface area contributed by atoms with Gasteiger partial charge in [0.1, 0.15) is 6.07 Å². The Kier molecular flexibility index (Phi) is 3.89. The quantitative estimate of drug-likeness (QED) is 0.939. The Hall–Kier alpha value is -1.94. The average Bonchev–Trinajstić information content (AvgIpc) is 2.88. The third-order valence-corrected chi connectivity index (χ3v) is 3.05. The molecule has 0 aliphatic rings. The van der Waals surface area contributed by atoms with Gasteiger partial charge in [0.2, 0.25) is 6.39 Å². The normalized spacial score (nSPS) is 10.1. The van der Waals surface area contributed by atoms with Gasteiger partial charge in [0, 0.05) is 13.0 Å². The number of hydrogen-bond donors (Lipinski definition) is 1. The van der Waals surface area contributed by atoms with Gasteiger partial charge in [-0.15, -0.1) is 0 Å². The molecule has 18 heavy (non-hydrogen) atoms. The Labute approximate surface area is 111 Å². The third kappa shape index (κ3) is 2.65. The van der Waals surface area contributed by atoms with Crippen LogP contribution < -0.4 is 5.32 Å². The van der Waals surface area contributed by atoms with Gasteiger partial charge in [0.15, 0.2) is 11.6 Å². The van der Waals surface area contributed by atoms with Gasteiger partial charge in [-0.2, -0.15) is 10.2 Å². The van der Waals surface area contributed by atoms with E-state index >= 15 is 0 Å². The van der Waals surface area contributed by atoms with Crippen LogP contribution >= 0.6 is 15.9 Å². The molecule has 92 valence electrons. The number of nitriles is 1. The summed E-state index contributed by atoms with van der Waals surface area (Å²) < 4.78 is 18.6. The number of rotatable bonds is 4. The molecule has 0 amide bonds. The second-order valence-electron chi connectivity index (χ2n) is 3.42. The minimum absolute atomic E-state index is 0.162. The Balaban J connectivity index is 2.02. The Morgan fingerprint density at radius 2 is 2.33 bits per heavy atom. The van der Waals surface area contributed by atoms with Crippen LogP contribution in [0.15, 0.2) is 27.5 Å². The minimum Gasteiger partial charge on any atom is -0.382 e. The van der Waals surface area contributed by atoms with Crippen molar-refractivity contribution in [2.45, 2.75) is 6.42 Å². The molecule has 0 saturated carbocycles. The van der Waals surface area contributed by atoms with Crippen LogP contribution in [-0.4, -0.2) is 16.7 Å². The number of anilines is 1. The van der Waals surface area contributed by atoms with Gasteiger partial charge in [-0.25, -0.2) is 4.39 Å². The molecule has 0 radical (unpaired) electrons. The molecule has 5 nitrogen and oxygen atoms in total. The summed E-state index contributed by atoms with van der Waals surface area (Å²) in [5.74, 6) is 0.0674. The smallest absolute Gasteiger partial charge is 0.213 e. The molecule has 1 heterocycles. The lowest BCUT2D eigenvalue weighted by atomic mass is 10.2. The number of hydrogen-bond acceptors (Lipinski definition) is 5. The van der Waals surface area contributed by atoms with Crippen LogP contribution in [0.1, 0.15) is 11.4 Å². The van der Waals surface area contributed by atoms with Gasteiger partial charge < -0.3 is 9.84 Å². The monoisotopic (exact) mass is 310 g/mol. The summed E-state index contributed by atoms with van der Waals surface area (Å²) >= 11 is 3.04. The minimum atomic E-state index is -0.484. The maximum absolute atomic E-state index is 13.8. The average molecular weight is 311 g/mol. The topological polar surface area (TPSA) is 74.7 Å². The third-order valence-electron chi connectivity index (χ3n) is 2.27. The first-order valence-electron chi connectivity index (χ1n) is 5.09. The molecule has 2 aromatic rings. The SMILES string of the molecule is N#Cc1ccc(NCCc2ncon2)c(F)c1Br. The Morgan fingerprint density at radius 1 is 1.50 bits per heavy atom. The number of nitrogens with zero attached hydrogens (tertiary/aromatic N) is 3. The lowest BCUT2D eigenvalue weighted by Crippen LogP contribution is -2.07. The van der Waals surface area contributed by atoms with Gasteiger partial charge in [-0.1, -0.05) is 5.16 Å². The fraction of sp³-hybridized carbons (Fsp3) is 0.182. The highest BCUT2D eigenvalue weighted by Crippen LogP contribution is 2.26. The van der Waals surface area contributed by atoms with E-state index in [4.69, 9.17) is 5.26 Å². The van der Waals surface area contributed by atoms with Crippen LogP contribution in [0.25, 0.3) is 0 Å². The molecule has 0 unspecified atom stereocenters. The first-order chi connectivity index (χ1) is 8.72. The predicted octanol–water partition coefficient (Wildman–Crippen LogP) is 2.50. The standard InChI is InChI=1S/C11H8BrFN4O/c12-10-7(5-14)1-2-8(11(10)13)15-4-3-9-16-6-18-17-9/h1-2,6,15H,3-4H2. The van der Waals surface area contributed by atoms with E-state index in [9.17, 15) is 4.39 Å². The number of benzene rings is 1.